The number of amides is 1. The van der Waals surface area contributed by atoms with Crippen LogP contribution in [-0.4, -0.2) is 36.2 Å². The van der Waals surface area contributed by atoms with Gasteiger partial charge in [-0.15, -0.1) is 0 Å². The van der Waals surface area contributed by atoms with Gasteiger partial charge < -0.3 is 9.74 Å². The Morgan fingerprint density at radius 1 is 1.50 bits per heavy atom. The van der Waals surface area contributed by atoms with E-state index >= 15 is 0 Å². The number of carbonyl (C=O) groups excluding carboxylic acids is 1. The molecule has 5 heteroatoms. The van der Waals surface area contributed by atoms with Crippen LogP contribution in [0.1, 0.15) is 24.8 Å². The Hall–Kier alpha value is -1.91. The highest BCUT2D eigenvalue weighted by Crippen LogP contribution is 2.31. The molecule has 0 bridgehead atoms. The van der Waals surface area contributed by atoms with Crippen LogP contribution in [0, 0.1) is 11.7 Å². The summed E-state index contributed by atoms with van der Waals surface area (Å²) in [4.78, 5) is 18.9. The van der Waals surface area contributed by atoms with Gasteiger partial charge in [0.1, 0.15) is 5.82 Å². The minimum Gasteiger partial charge on any atom is -0.390 e. The van der Waals surface area contributed by atoms with E-state index in [0.717, 1.165) is 24.1 Å². The summed E-state index contributed by atoms with van der Waals surface area (Å²) in [6.45, 7) is 0.525. The summed E-state index contributed by atoms with van der Waals surface area (Å²) < 4.78 is 13.2. The normalized spacial score (nSPS) is 21.3. The molecule has 4 nitrogen and oxygen atoms in total. The fraction of sp³-hybridized carbons (Fsp3) is 0.467. The molecule has 1 aromatic carbocycles. The topological polar surface area (TPSA) is 41.9 Å². The molecule has 1 amide bonds. The molecule has 1 aromatic rings. The number of benzene rings is 1. The first kappa shape index (κ1) is 13.1. The third-order valence-electron chi connectivity index (χ3n) is 3.67. The van der Waals surface area contributed by atoms with E-state index in [4.69, 9.17) is 4.84 Å². The Kier molecular flexibility index (Phi) is 3.42. The van der Waals surface area contributed by atoms with E-state index in [1.165, 1.54) is 12.1 Å². The quantitative estimate of drug-likeness (QED) is 0.846. The highest BCUT2D eigenvalue weighted by molar-refractivity contribution is 6.01. The van der Waals surface area contributed by atoms with Crippen LogP contribution in [0.4, 0.5) is 4.39 Å². The van der Waals surface area contributed by atoms with Crippen molar-refractivity contribution in [3.63, 3.8) is 0 Å². The van der Waals surface area contributed by atoms with Crippen molar-refractivity contribution in [2.45, 2.75) is 25.4 Å². The van der Waals surface area contributed by atoms with E-state index in [1.807, 2.05) is 6.07 Å². The Bertz CT molecular complexity index is 555. The van der Waals surface area contributed by atoms with Gasteiger partial charge in [0.05, 0.1) is 12.3 Å². The number of hydrogen-bond donors (Lipinski definition) is 0. The van der Waals surface area contributed by atoms with Gasteiger partial charge in [0, 0.05) is 24.9 Å². The van der Waals surface area contributed by atoms with Crippen molar-refractivity contribution in [1.29, 1.82) is 0 Å². The molecule has 2 aliphatic rings. The number of oxime groups is 1. The van der Waals surface area contributed by atoms with Crippen LogP contribution >= 0.6 is 0 Å². The molecule has 0 aromatic heterocycles. The number of carbonyl (C=O) groups is 1. The molecule has 0 N–H and O–H groups in total. The molecule has 1 atom stereocenters. The lowest BCUT2D eigenvalue weighted by atomic mass is 10.0. The molecule has 1 aliphatic carbocycles. The van der Waals surface area contributed by atoms with Crippen LogP contribution < -0.4 is 0 Å². The average molecular weight is 276 g/mol. The summed E-state index contributed by atoms with van der Waals surface area (Å²) in [7, 11) is 1.80. The second-order valence-corrected chi connectivity index (χ2v) is 5.47. The summed E-state index contributed by atoms with van der Waals surface area (Å²) in [6, 6.07) is 6.32. The maximum absolute atomic E-state index is 13.2. The molecular formula is C15H17FN2O2. The van der Waals surface area contributed by atoms with Crippen LogP contribution in [0.25, 0.3) is 0 Å². The van der Waals surface area contributed by atoms with Crippen molar-refractivity contribution in [3.8, 4) is 0 Å². The van der Waals surface area contributed by atoms with Crippen molar-refractivity contribution in [3.05, 3.63) is 35.6 Å². The van der Waals surface area contributed by atoms with Gasteiger partial charge in [0.25, 0.3) is 0 Å². The molecule has 106 valence electrons. The van der Waals surface area contributed by atoms with Crippen molar-refractivity contribution in [2.24, 2.45) is 11.1 Å². The van der Waals surface area contributed by atoms with E-state index in [0.29, 0.717) is 13.0 Å². The Morgan fingerprint density at radius 3 is 3.00 bits per heavy atom. The van der Waals surface area contributed by atoms with E-state index in [9.17, 15) is 9.18 Å². The minimum atomic E-state index is -0.283. The monoisotopic (exact) mass is 276 g/mol. The third kappa shape index (κ3) is 2.81. The van der Waals surface area contributed by atoms with E-state index < -0.39 is 0 Å². The number of rotatable bonds is 4. The number of halogens is 1. The highest BCUT2D eigenvalue weighted by atomic mass is 19.1. The maximum atomic E-state index is 13.2. The molecule has 0 saturated heterocycles. The number of hydrogen-bond acceptors (Lipinski definition) is 3. The molecule has 0 radical (unpaired) electrons. The van der Waals surface area contributed by atoms with Crippen molar-refractivity contribution in [2.75, 3.05) is 13.6 Å². The van der Waals surface area contributed by atoms with E-state index in [2.05, 4.69) is 5.16 Å². The zero-order valence-corrected chi connectivity index (χ0v) is 11.4. The molecule has 1 aliphatic heterocycles. The Balaban J connectivity index is 1.57. The fourth-order valence-corrected chi connectivity index (χ4v) is 2.40. The SMILES string of the molecule is CN(C[C@H]1CC(c2cccc(F)c2)=NO1)C(=O)C1CC1. The molecule has 1 heterocycles. The van der Waals surface area contributed by atoms with Crippen LogP contribution in [0.15, 0.2) is 29.4 Å². The maximum Gasteiger partial charge on any atom is 0.225 e. The predicted octanol–water partition coefficient (Wildman–Crippen LogP) is 2.19. The third-order valence-corrected chi connectivity index (χ3v) is 3.67. The van der Waals surface area contributed by atoms with Gasteiger partial charge in [-0.25, -0.2) is 4.39 Å². The van der Waals surface area contributed by atoms with Gasteiger partial charge in [-0.2, -0.15) is 0 Å². The lowest BCUT2D eigenvalue weighted by Crippen LogP contribution is -2.35. The zero-order valence-electron chi connectivity index (χ0n) is 11.4. The van der Waals surface area contributed by atoms with Crippen LogP contribution in [0.5, 0.6) is 0 Å². The first-order valence-electron chi connectivity index (χ1n) is 6.87. The highest BCUT2D eigenvalue weighted by Gasteiger charge is 2.34. The predicted molar refractivity (Wildman–Crippen MR) is 72.8 cm³/mol. The van der Waals surface area contributed by atoms with Crippen LogP contribution in [0.2, 0.25) is 0 Å². The number of nitrogens with zero attached hydrogens (tertiary/aromatic N) is 2. The lowest BCUT2D eigenvalue weighted by Gasteiger charge is -2.19. The molecule has 1 saturated carbocycles. The zero-order chi connectivity index (χ0) is 14.1. The Morgan fingerprint density at radius 2 is 2.30 bits per heavy atom. The summed E-state index contributed by atoms with van der Waals surface area (Å²) in [6.07, 6.45) is 2.46. The molecule has 3 rings (SSSR count). The lowest BCUT2D eigenvalue weighted by molar-refractivity contribution is -0.132. The second-order valence-electron chi connectivity index (χ2n) is 5.47. The van der Waals surface area contributed by atoms with Crippen molar-refractivity contribution < 1.29 is 14.0 Å². The summed E-state index contributed by atoms with van der Waals surface area (Å²) in [5, 5.41) is 4.01. The minimum absolute atomic E-state index is 0.138. The van der Waals surface area contributed by atoms with Gasteiger partial charge in [0.2, 0.25) is 5.91 Å². The van der Waals surface area contributed by atoms with Gasteiger partial charge in [-0.1, -0.05) is 17.3 Å². The molecule has 0 unspecified atom stereocenters. The first-order chi connectivity index (χ1) is 9.63. The Labute approximate surface area is 117 Å². The molecule has 20 heavy (non-hydrogen) atoms. The van der Waals surface area contributed by atoms with E-state index in [-0.39, 0.29) is 23.7 Å². The standard InChI is InChI=1S/C15H17FN2O2/c1-18(15(19)10-5-6-10)9-13-8-14(17-20-13)11-3-2-4-12(16)7-11/h2-4,7,10,13H,5-6,8-9H2,1H3/t13-/m1/s1. The van der Waals surface area contributed by atoms with Crippen molar-refractivity contribution >= 4 is 11.6 Å². The van der Waals surface area contributed by atoms with Gasteiger partial charge >= 0.3 is 0 Å². The van der Waals surface area contributed by atoms with Crippen LogP contribution in [0.3, 0.4) is 0 Å². The van der Waals surface area contributed by atoms with Gasteiger partial charge in [-0.05, 0) is 25.0 Å². The summed E-state index contributed by atoms with van der Waals surface area (Å²) in [5.41, 5.74) is 1.48. The second kappa shape index (κ2) is 5.23. The van der Waals surface area contributed by atoms with Gasteiger partial charge in [0.15, 0.2) is 6.10 Å². The van der Waals surface area contributed by atoms with Crippen molar-refractivity contribution in [1.82, 2.24) is 4.90 Å². The largest absolute Gasteiger partial charge is 0.390 e. The average Bonchev–Trinajstić information content (AvgIpc) is 3.18. The van der Waals surface area contributed by atoms with Gasteiger partial charge in [-0.3, -0.25) is 4.79 Å². The number of likely N-dealkylation sites (N-methyl/N-ethyl adjacent to an activating group) is 1. The van der Waals surface area contributed by atoms with Crippen LogP contribution in [-0.2, 0) is 9.63 Å². The molecule has 1 fully saturated rings. The summed E-state index contributed by atoms with van der Waals surface area (Å²) >= 11 is 0. The smallest absolute Gasteiger partial charge is 0.225 e. The fourth-order valence-electron chi connectivity index (χ4n) is 2.40. The summed E-state index contributed by atoms with van der Waals surface area (Å²) in [5.74, 6) is 0.118. The molecular weight excluding hydrogens is 259 g/mol. The first-order valence-corrected chi connectivity index (χ1v) is 6.87. The molecule has 0 spiro atoms. The van der Waals surface area contributed by atoms with E-state index in [1.54, 1.807) is 18.0 Å².